The van der Waals surface area contributed by atoms with E-state index in [1.807, 2.05) is 18.2 Å². The van der Waals surface area contributed by atoms with Gasteiger partial charge in [-0.15, -0.1) is 0 Å². The monoisotopic (exact) mass is 336 g/mol. The number of aromatic nitrogens is 3. The van der Waals surface area contributed by atoms with Crippen molar-refractivity contribution in [3.8, 4) is 5.69 Å². The summed E-state index contributed by atoms with van der Waals surface area (Å²) in [7, 11) is 0. The Kier molecular flexibility index (Phi) is 3.70. The van der Waals surface area contributed by atoms with E-state index in [1.54, 1.807) is 18.3 Å². The molecule has 0 atom stereocenters. The van der Waals surface area contributed by atoms with Gasteiger partial charge in [-0.25, -0.2) is 14.1 Å². The first-order valence-electron chi connectivity index (χ1n) is 7.56. The third-order valence-corrected chi connectivity index (χ3v) is 3.71. The van der Waals surface area contributed by atoms with Crippen molar-refractivity contribution in [1.82, 2.24) is 14.8 Å². The van der Waals surface area contributed by atoms with Crippen molar-refractivity contribution in [3.63, 3.8) is 0 Å². The summed E-state index contributed by atoms with van der Waals surface area (Å²) in [5.74, 6) is -0.369. The quantitative estimate of drug-likeness (QED) is 0.770. The van der Waals surface area contributed by atoms with E-state index in [1.165, 1.54) is 17.1 Å². The van der Waals surface area contributed by atoms with Crippen LogP contribution in [0.15, 0.2) is 53.8 Å². The van der Waals surface area contributed by atoms with Crippen LogP contribution in [0.4, 0.5) is 15.9 Å². The molecule has 3 aromatic rings. The van der Waals surface area contributed by atoms with Gasteiger partial charge in [0.25, 0.3) is 5.91 Å². The van der Waals surface area contributed by atoms with Gasteiger partial charge in [-0.05, 0) is 12.1 Å². The number of rotatable bonds is 3. The molecule has 25 heavy (non-hydrogen) atoms. The Balaban J connectivity index is 1.75. The zero-order valence-corrected chi connectivity index (χ0v) is 13.0. The molecule has 1 aliphatic heterocycles. The van der Waals surface area contributed by atoms with Crippen LogP contribution in [-0.2, 0) is 6.54 Å². The fourth-order valence-electron chi connectivity index (χ4n) is 2.56. The molecular weight excluding hydrogens is 323 g/mol. The fourth-order valence-corrected chi connectivity index (χ4v) is 2.56. The molecule has 2 aromatic heterocycles. The number of hydrogen-bond donors (Lipinski definition) is 2. The minimum atomic E-state index is -0.556. The van der Waals surface area contributed by atoms with Crippen LogP contribution in [0.2, 0.25) is 0 Å². The van der Waals surface area contributed by atoms with E-state index < -0.39 is 11.7 Å². The normalized spacial score (nSPS) is 12.4. The van der Waals surface area contributed by atoms with Crippen LogP contribution in [0.3, 0.4) is 0 Å². The van der Waals surface area contributed by atoms with Crippen LogP contribution in [0.1, 0.15) is 16.1 Å². The number of benzene rings is 1. The van der Waals surface area contributed by atoms with Crippen LogP contribution in [0.25, 0.3) is 5.69 Å². The summed E-state index contributed by atoms with van der Waals surface area (Å²) in [6, 6.07) is 10.2. The van der Waals surface area contributed by atoms with E-state index in [9.17, 15) is 9.18 Å². The Bertz CT molecular complexity index is 967. The highest BCUT2D eigenvalue weighted by Gasteiger charge is 2.21. The molecule has 0 aliphatic carbocycles. The Morgan fingerprint density at radius 3 is 2.92 bits per heavy atom. The second-order valence-corrected chi connectivity index (χ2v) is 5.39. The highest BCUT2D eigenvalue weighted by atomic mass is 19.1. The maximum atomic E-state index is 13.8. The number of carbonyl (C=O) groups is 1. The number of nitrogens with one attached hydrogen (secondary N) is 2. The summed E-state index contributed by atoms with van der Waals surface area (Å²) in [5.41, 5.74) is 1.79. The van der Waals surface area contributed by atoms with Crippen molar-refractivity contribution in [1.29, 1.82) is 0 Å². The lowest BCUT2D eigenvalue weighted by Crippen LogP contribution is -2.19. The number of para-hydroxylation sites is 1. The van der Waals surface area contributed by atoms with Gasteiger partial charge in [0, 0.05) is 17.3 Å². The van der Waals surface area contributed by atoms with E-state index in [0.29, 0.717) is 18.1 Å². The average molecular weight is 336 g/mol. The van der Waals surface area contributed by atoms with Crippen molar-refractivity contribution >= 4 is 23.8 Å². The van der Waals surface area contributed by atoms with Crippen molar-refractivity contribution in [3.05, 3.63) is 65.9 Å². The predicted molar refractivity (Wildman–Crippen MR) is 91.5 cm³/mol. The number of anilines is 2. The van der Waals surface area contributed by atoms with Gasteiger partial charge >= 0.3 is 0 Å². The molecule has 4 rings (SSSR count). The molecule has 0 fully saturated rings. The second-order valence-electron chi connectivity index (χ2n) is 5.39. The lowest BCUT2D eigenvalue weighted by atomic mass is 10.2. The number of halogens is 1. The molecule has 1 aliphatic rings. The summed E-state index contributed by atoms with van der Waals surface area (Å²) >= 11 is 0. The van der Waals surface area contributed by atoms with Gasteiger partial charge in [-0.3, -0.25) is 9.79 Å². The number of nitrogens with zero attached hydrogens (tertiary/aromatic N) is 4. The first-order valence-corrected chi connectivity index (χ1v) is 7.56. The van der Waals surface area contributed by atoms with Crippen molar-refractivity contribution < 1.29 is 9.18 Å². The Hall–Kier alpha value is -3.55. The second kappa shape index (κ2) is 6.16. The van der Waals surface area contributed by atoms with E-state index in [4.69, 9.17) is 0 Å². The third kappa shape index (κ3) is 2.85. The molecule has 8 heteroatoms. The van der Waals surface area contributed by atoms with Gasteiger partial charge in [0.05, 0.1) is 25.3 Å². The predicted octanol–water partition coefficient (Wildman–Crippen LogP) is 2.61. The molecule has 0 saturated carbocycles. The number of aliphatic imine (C=N–C) groups is 1. The Morgan fingerprint density at radius 2 is 2.08 bits per heavy atom. The summed E-state index contributed by atoms with van der Waals surface area (Å²) in [6.45, 7) is 0.469. The number of carbonyl (C=O) groups excluding carboxylic acids is 1. The summed E-state index contributed by atoms with van der Waals surface area (Å²) in [6.07, 6.45) is 4.17. The minimum Gasteiger partial charge on any atom is -0.331 e. The minimum absolute atomic E-state index is 0.0699. The van der Waals surface area contributed by atoms with Crippen LogP contribution in [0.5, 0.6) is 0 Å². The average Bonchev–Trinajstić information content (AvgIpc) is 3.06. The molecule has 1 aromatic carbocycles. The van der Waals surface area contributed by atoms with Crippen molar-refractivity contribution in [2.75, 3.05) is 10.6 Å². The Morgan fingerprint density at radius 1 is 1.24 bits per heavy atom. The van der Waals surface area contributed by atoms with Gasteiger partial charge in [0.15, 0.2) is 5.69 Å². The molecule has 3 heterocycles. The molecule has 0 spiro atoms. The van der Waals surface area contributed by atoms with Gasteiger partial charge < -0.3 is 10.6 Å². The van der Waals surface area contributed by atoms with E-state index in [2.05, 4.69) is 25.7 Å². The number of pyridine rings is 1. The lowest BCUT2D eigenvalue weighted by molar-refractivity contribution is 0.102. The molecule has 0 saturated heterocycles. The van der Waals surface area contributed by atoms with Crippen molar-refractivity contribution in [2.45, 2.75) is 6.54 Å². The molecule has 0 bridgehead atoms. The summed E-state index contributed by atoms with van der Waals surface area (Å²) in [4.78, 5) is 20.7. The van der Waals surface area contributed by atoms with Gasteiger partial charge in [-0.1, -0.05) is 18.2 Å². The van der Waals surface area contributed by atoms with Crippen molar-refractivity contribution in [2.24, 2.45) is 4.99 Å². The first-order chi connectivity index (χ1) is 12.2. The molecule has 0 radical (unpaired) electrons. The maximum absolute atomic E-state index is 13.8. The highest BCUT2D eigenvalue weighted by Crippen LogP contribution is 2.25. The van der Waals surface area contributed by atoms with Gasteiger partial charge in [0.2, 0.25) is 0 Å². The molecule has 7 nitrogen and oxygen atoms in total. The lowest BCUT2D eigenvalue weighted by Gasteiger charge is -2.14. The number of fused-ring (bicyclic) bond motifs is 1. The molecular formula is C17H13FN6O. The number of amides is 1. The fraction of sp³-hybridized carbons (Fsp3) is 0.0588. The van der Waals surface area contributed by atoms with Crippen LogP contribution < -0.4 is 10.6 Å². The third-order valence-electron chi connectivity index (χ3n) is 3.71. The summed E-state index contributed by atoms with van der Waals surface area (Å²) in [5, 5.41) is 9.97. The van der Waals surface area contributed by atoms with E-state index >= 15 is 0 Å². The van der Waals surface area contributed by atoms with Crippen LogP contribution in [0, 0.1) is 5.82 Å². The standard InChI is InChI=1S/C17H13FN6O/c18-12-6-14(24-16-11(8-22-24)7-19-10-21-16)15(20-9-12)17(25)23-13-4-2-1-3-5-13/h1-6,8-10H,7H2,(H,19,21)(H,23,25). The zero-order chi connectivity index (χ0) is 17.2. The zero-order valence-electron chi connectivity index (χ0n) is 13.0. The van der Waals surface area contributed by atoms with Gasteiger partial charge in [-0.2, -0.15) is 5.10 Å². The molecule has 124 valence electrons. The van der Waals surface area contributed by atoms with E-state index in [-0.39, 0.29) is 11.4 Å². The SMILES string of the molecule is O=C(Nc1ccccc1)c1ncc(F)cc1-n1ncc2c1NC=NC2. The maximum Gasteiger partial charge on any atom is 0.276 e. The topological polar surface area (TPSA) is 84.2 Å². The smallest absolute Gasteiger partial charge is 0.276 e. The highest BCUT2D eigenvalue weighted by molar-refractivity contribution is 6.05. The number of hydrogen-bond acceptors (Lipinski definition) is 5. The largest absolute Gasteiger partial charge is 0.331 e. The Labute approximate surface area is 142 Å². The summed E-state index contributed by atoms with van der Waals surface area (Å²) < 4.78 is 15.2. The molecule has 0 unspecified atom stereocenters. The first kappa shape index (κ1) is 15.0. The molecule has 1 amide bonds. The van der Waals surface area contributed by atoms with E-state index in [0.717, 1.165) is 11.8 Å². The molecule has 2 N–H and O–H groups in total. The van der Waals surface area contributed by atoms with Crippen LogP contribution >= 0.6 is 0 Å². The van der Waals surface area contributed by atoms with Gasteiger partial charge in [0.1, 0.15) is 17.3 Å². The van der Waals surface area contributed by atoms with Crippen LogP contribution in [-0.4, -0.2) is 27.0 Å².